The first-order valence-corrected chi connectivity index (χ1v) is 37.6. The lowest BCUT2D eigenvalue weighted by molar-refractivity contribution is -0.161. The summed E-state index contributed by atoms with van der Waals surface area (Å²) in [6, 6.07) is 0. The number of aliphatic hydroxyl groups is 1. The first kappa shape index (κ1) is 83.1. The third-order valence-electron chi connectivity index (χ3n) is 15.3. The molecule has 0 saturated heterocycles. The Morgan fingerprint density at radius 3 is 0.800 bits per heavy atom. The Hall–Kier alpha value is -1.94. The highest BCUT2D eigenvalue weighted by molar-refractivity contribution is 7.47. The van der Waals surface area contributed by atoms with E-state index in [1.165, 1.54) is 148 Å². The fraction of sp³-hybridized carbons (Fsp3) is 0.939. The molecule has 0 aliphatic carbocycles. The molecule has 504 valence electrons. The maximum atomic E-state index is 13.0. The number of hydrogen-bond donors (Lipinski definition) is 3. The van der Waals surface area contributed by atoms with Crippen LogP contribution in [0.1, 0.15) is 336 Å². The predicted octanol–water partition coefficient (Wildman–Crippen LogP) is 18.6. The highest BCUT2D eigenvalue weighted by Crippen LogP contribution is 2.45. The molecule has 19 heteroatoms. The summed E-state index contributed by atoms with van der Waals surface area (Å²) in [6.07, 6.45) is 44.5. The van der Waals surface area contributed by atoms with Gasteiger partial charge in [-0.05, 0) is 31.6 Å². The minimum atomic E-state index is -4.95. The molecule has 0 heterocycles. The molecule has 0 radical (unpaired) electrons. The maximum Gasteiger partial charge on any atom is 0.472 e. The first-order chi connectivity index (χ1) is 41.0. The molecule has 0 amide bonds. The third-order valence-corrected chi connectivity index (χ3v) is 17.2. The van der Waals surface area contributed by atoms with E-state index in [0.29, 0.717) is 25.7 Å². The Morgan fingerprint density at radius 1 is 0.318 bits per heavy atom. The van der Waals surface area contributed by atoms with E-state index >= 15 is 0 Å². The Morgan fingerprint density at radius 2 is 0.541 bits per heavy atom. The summed E-state index contributed by atoms with van der Waals surface area (Å²) < 4.78 is 68.0. The number of aliphatic hydroxyl groups excluding tert-OH is 1. The van der Waals surface area contributed by atoms with Gasteiger partial charge >= 0.3 is 39.5 Å². The lowest BCUT2D eigenvalue weighted by Gasteiger charge is -2.21. The van der Waals surface area contributed by atoms with Crippen molar-refractivity contribution in [3.63, 3.8) is 0 Å². The maximum absolute atomic E-state index is 13.0. The van der Waals surface area contributed by atoms with Crippen LogP contribution < -0.4 is 0 Å². The molecule has 0 fully saturated rings. The topological polar surface area (TPSA) is 237 Å². The van der Waals surface area contributed by atoms with Gasteiger partial charge in [-0.2, -0.15) is 0 Å². The molecule has 0 spiro atoms. The standard InChI is InChI=1S/C66H128O17P2/c1-6-9-12-15-18-20-22-23-24-25-27-31-37-42-47-52-66(71)83-62(56-77-64(69)50-45-40-35-32-28-29-34-38-43-48-59(4)5)58-81-85(74,75)79-54-60(67)53-78-84(72,73)80-57-61(55-76-63(68)49-44-39-33-17-14-11-8-3)82-65(70)51-46-41-36-30-26-21-19-16-13-10-7-2/h59-62,67H,6-58H2,1-5H3,(H,72,73)(H,74,75)/t60-,61+,62+/m0/s1. The van der Waals surface area contributed by atoms with Crippen molar-refractivity contribution in [1.29, 1.82) is 0 Å². The number of ether oxygens (including phenoxy) is 4. The SMILES string of the molecule is CCCCCCCCCCCCCCCCCC(=O)O[C@H](COC(=O)CCCCCCCCCCCC(C)C)COP(=O)(O)OC[C@@H](O)COP(=O)(O)OC[C@@H](COC(=O)CCCCCCCCC)OC(=O)CCCCCCCCCCCCC. The van der Waals surface area contributed by atoms with Gasteiger partial charge in [0.25, 0.3) is 0 Å². The molecule has 2 unspecified atom stereocenters. The van der Waals surface area contributed by atoms with Gasteiger partial charge in [-0.1, -0.05) is 285 Å². The molecular formula is C66H128O17P2. The number of hydrogen-bond acceptors (Lipinski definition) is 15. The molecule has 0 aromatic heterocycles. The summed E-state index contributed by atoms with van der Waals surface area (Å²) in [5.74, 6) is -1.39. The molecule has 17 nitrogen and oxygen atoms in total. The number of esters is 4. The Balaban J connectivity index is 5.21. The summed E-state index contributed by atoms with van der Waals surface area (Å²) >= 11 is 0. The van der Waals surface area contributed by atoms with Crippen LogP contribution in [0.2, 0.25) is 0 Å². The lowest BCUT2D eigenvalue weighted by Crippen LogP contribution is -2.30. The van der Waals surface area contributed by atoms with Gasteiger partial charge in [0.15, 0.2) is 12.2 Å². The zero-order valence-electron chi connectivity index (χ0n) is 54.7. The number of phosphoric ester groups is 2. The third kappa shape index (κ3) is 60.7. The van der Waals surface area contributed by atoms with Crippen molar-refractivity contribution >= 4 is 39.5 Å². The second-order valence-corrected chi connectivity index (χ2v) is 27.2. The van der Waals surface area contributed by atoms with Crippen molar-refractivity contribution in [3.8, 4) is 0 Å². The van der Waals surface area contributed by atoms with Crippen LogP contribution in [-0.2, 0) is 65.4 Å². The van der Waals surface area contributed by atoms with Gasteiger partial charge in [-0.3, -0.25) is 37.3 Å². The zero-order valence-corrected chi connectivity index (χ0v) is 56.5. The molecule has 0 aliphatic heterocycles. The summed E-state index contributed by atoms with van der Waals surface area (Å²) in [7, 11) is -9.89. The van der Waals surface area contributed by atoms with E-state index in [0.717, 1.165) is 109 Å². The van der Waals surface area contributed by atoms with Crippen molar-refractivity contribution in [1.82, 2.24) is 0 Å². The number of rotatable bonds is 66. The quantitative estimate of drug-likeness (QED) is 0.0222. The number of carbonyl (C=O) groups is 4. The van der Waals surface area contributed by atoms with E-state index in [4.69, 9.17) is 37.0 Å². The smallest absolute Gasteiger partial charge is 0.462 e. The van der Waals surface area contributed by atoms with Crippen molar-refractivity contribution in [3.05, 3.63) is 0 Å². The van der Waals surface area contributed by atoms with Gasteiger partial charge in [0.2, 0.25) is 0 Å². The van der Waals surface area contributed by atoms with Crippen LogP contribution in [0.25, 0.3) is 0 Å². The highest BCUT2D eigenvalue weighted by atomic mass is 31.2. The van der Waals surface area contributed by atoms with E-state index in [1.807, 2.05) is 0 Å². The summed E-state index contributed by atoms with van der Waals surface area (Å²) in [5.41, 5.74) is 0. The molecule has 0 aliphatic rings. The molecule has 85 heavy (non-hydrogen) atoms. The fourth-order valence-electron chi connectivity index (χ4n) is 9.94. The van der Waals surface area contributed by atoms with Crippen LogP contribution in [0.4, 0.5) is 0 Å². The minimum absolute atomic E-state index is 0.107. The minimum Gasteiger partial charge on any atom is -0.462 e. The van der Waals surface area contributed by atoms with E-state index in [-0.39, 0.29) is 25.7 Å². The summed E-state index contributed by atoms with van der Waals surface area (Å²) in [4.78, 5) is 72.2. The van der Waals surface area contributed by atoms with E-state index in [9.17, 15) is 43.2 Å². The normalized spacial score (nSPS) is 14.2. The second-order valence-electron chi connectivity index (χ2n) is 24.3. The van der Waals surface area contributed by atoms with E-state index in [2.05, 4.69) is 34.6 Å². The van der Waals surface area contributed by atoms with Crippen LogP contribution in [0.3, 0.4) is 0 Å². The molecular weight excluding hydrogens is 1130 g/mol. The number of unbranched alkanes of at least 4 members (excludes halogenated alkanes) is 38. The lowest BCUT2D eigenvalue weighted by atomic mass is 10.0. The molecule has 3 N–H and O–H groups in total. The van der Waals surface area contributed by atoms with E-state index in [1.54, 1.807) is 0 Å². The first-order valence-electron chi connectivity index (χ1n) is 34.6. The predicted molar refractivity (Wildman–Crippen MR) is 340 cm³/mol. The van der Waals surface area contributed by atoms with Gasteiger partial charge in [-0.15, -0.1) is 0 Å². The molecule has 0 rings (SSSR count). The second kappa shape index (κ2) is 59.7. The van der Waals surface area contributed by atoms with Gasteiger partial charge in [-0.25, -0.2) is 9.13 Å². The van der Waals surface area contributed by atoms with Crippen molar-refractivity contribution in [2.24, 2.45) is 5.92 Å². The summed E-state index contributed by atoms with van der Waals surface area (Å²) in [6.45, 7) is 7.16. The largest absolute Gasteiger partial charge is 0.472 e. The Kier molecular flexibility index (Phi) is 58.3. The van der Waals surface area contributed by atoms with Gasteiger partial charge in [0, 0.05) is 25.7 Å². The molecule has 0 aromatic rings. The zero-order chi connectivity index (χ0) is 62.8. The van der Waals surface area contributed by atoms with Crippen LogP contribution >= 0.6 is 15.6 Å². The Bertz CT molecular complexity index is 1650. The monoisotopic (exact) mass is 1250 g/mol. The number of phosphoric acid groups is 2. The molecule has 0 saturated carbocycles. The Labute approximate surface area is 517 Å². The van der Waals surface area contributed by atoms with Crippen molar-refractivity contribution in [2.45, 2.75) is 355 Å². The van der Waals surface area contributed by atoms with Crippen LogP contribution in [0.15, 0.2) is 0 Å². The van der Waals surface area contributed by atoms with Crippen molar-refractivity contribution in [2.75, 3.05) is 39.6 Å². The highest BCUT2D eigenvalue weighted by Gasteiger charge is 2.30. The van der Waals surface area contributed by atoms with Gasteiger partial charge in [0.05, 0.1) is 26.4 Å². The van der Waals surface area contributed by atoms with E-state index < -0.39 is 97.5 Å². The van der Waals surface area contributed by atoms with Crippen LogP contribution in [0, 0.1) is 5.92 Å². The van der Waals surface area contributed by atoms with Crippen LogP contribution in [-0.4, -0.2) is 96.7 Å². The number of carbonyl (C=O) groups excluding carboxylic acids is 4. The molecule has 5 atom stereocenters. The van der Waals surface area contributed by atoms with Gasteiger partial charge in [0.1, 0.15) is 19.3 Å². The van der Waals surface area contributed by atoms with Crippen molar-refractivity contribution < 1.29 is 80.2 Å². The fourth-order valence-corrected chi connectivity index (χ4v) is 11.5. The average molecular weight is 1260 g/mol. The molecule has 0 aromatic carbocycles. The average Bonchev–Trinajstić information content (AvgIpc) is 3.58. The van der Waals surface area contributed by atoms with Crippen LogP contribution in [0.5, 0.6) is 0 Å². The molecule has 0 bridgehead atoms. The summed E-state index contributed by atoms with van der Waals surface area (Å²) in [5, 5.41) is 10.5. The van der Waals surface area contributed by atoms with Gasteiger partial charge < -0.3 is 33.8 Å².